The molecule has 0 aliphatic rings. The Morgan fingerprint density at radius 2 is 2.29 bits per heavy atom. The topological polar surface area (TPSA) is 40.5 Å². The number of phenols is 1. The first kappa shape index (κ1) is 11.0. The molecule has 0 spiro atoms. The third-order valence-corrected chi connectivity index (χ3v) is 2.35. The molecule has 0 saturated carbocycles. The fourth-order valence-electron chi connectivity index (χ4n) is 1.12. The summed E-state index contributed by atoms with van der Waals surface area (Å²) >= 11 is 3.10. The molecule has 1 aromatic rings. The van der Waals surface area contributed by atoms with Gasteiger partial charge in [-0.15, -0.1) is 0 Å². The summed E-state index contributed by atoms with van der Waals surface area (Å²) < 4.78 is 0. The minimum Gasteiger partial charge on any atom is -0.508 e. The third-order valence-electron chi connectivity index (χ3n) is 1.87. The van der Waals surface area contributed by atoms with Crippen molar-refractivity contribution in [3.8, 4) is 5.75 Å². The van der Waals surface area contributed by atoms with Gasteiger partial charge in [0, 0.05) is 13.6 Å². The molecule has 0 bridgehead atoms. The lowest BCUT2D eigenvalue weighted by molar-refractivity contribution is -0.127. The molecule has 0 radical (unpaired) electrons. The lowest BCUT2D eigenvalue weighted by atomic mass is 10.2. The SMILES string of the molecule is CN(Cc1cccc(O)c1)C(=O)CBr. The summed E-state index contributed by atoms with van der Waals surface area (Å²) in [4.78, 5) is 12.8. The molecular weight excluding hydrogens is 246 g/mol. The van der Waals surface area contributed by atoms with Gasteiger partial charge in [-0.1, -0.05) is 28.1 Å². The number of phenolic OH excluding ortho intramolecular Hbond substituents is 1. The molecule has 14 heavy (non-hydrogen) atoms. The van der Waals surface area contributed by atoms with E-state index in [4.69, 9.17) is 0 Å². The van der Waals surface area contributed by atoms with Crippen molar-refractivity contribution in [3.63, 3.8) is 0 Å². The van der Waals surface area contributed by atoms with E-state index in [9.17, 15) is 9.90 Å². The number of hydrogen-bond acceptors (Lipinski definition) is 2. The Balaban J connectivity index is 2.64. The van der Waals surface area contributed by atoms with E-state index in [0.29, 0.717) is 11.9 Å². The summed E-state index contributed by atoms with van der Waals surface area (Å²) in [5.74, 6) is 0.246. The maximum Gasteiger partial charge on any atom is 0.233 e. The first-order valence-electron chi connectivity index (χ1n) is 4.21. The van der Waals surface area contributed by atoms with E-state index in [2.05, 4.69) is 15.9 Å². The van der Waals surface area contributed by atoms with E-state index in [1.807, 2.05) is 6.07 Å². The molecule has 1 amide bonds. The Bertz CT molecular complexity index is 328. The molecule has 0 aliphatic heterocycles. The second kappa shape index (κ2) is 5.00. The zero-order valence-electron chi connectivity index (χ0n) is 7.90. The molecule has 0 fully saturated rings. The number of carbonyl (C=O) groups is 1. The van der Waals surface area contributed by atoms with Crippen LogP contribution in [0, 0.1) is 0 Å². The first-order valence-corrected chi connectivity index (χ1v) is 5.33. The maximum atomic E-state index is 11.2. The van der Waals surface area contributed by atoms with Gasteiger partial charge >= 0.3 is 0 Å². The van der Waals surface area contributed by atoms with Crippen molar-refractivity contribution in [2.75, 3.05) is 12.4 Å². The molecule has 1 aromatic carbocycles. The van der Waals surface area contributed by atoms with E-state index in [1.54, 1.807) is 30.1 Å². The number of benzene rings is 1. The predicted molar refractivity (Wildman–Crippen MR) is 58.4 cm³/mol. The highest BCUT2D eigenvalue weighted by atomic mass is 79.9. The zero-order valence-corrected chi connectivity index (χ0v) is 9.49. The smallest absolute Gasteiger partial charge is 0.233 e. The van der Waals surface area contributed by atoms with Gasteiger partial charge in [-0.2, -0.15) is 0 Å². The van der Waals surface area contributed by atoms with Crippen LogP contribution in [0.15, 0.2) is 24.3 Å². The Morgan fingerprint density at radius 3 is 2.86 bits per heavy atom. The van der Waals surface area contributed by atoms with E-state index in [0.717, 1.165) is 5.56 Å². The quantitative estimate of drug-likeness (QED) is 0.839. The molecule has 0 aliphatic carbocycles. The van der Waals surface area contributed by atoms with Crippen LogP contribution in [0.4, 0.5) is 0 Å². The van der Waals surface area contributed by atoms with Gasteiger partial charge in [0.15, 0.2) is 0 Å². The number of hydrogen-bond donors (Lipinski definition) is 1. The molecule has 0 aromatic heterocycles. The van der Waals surface area contributed by atoms with Crippen molar-refractivity contribution < 1.29 is 9.90 Å². The van der Waals surface area contributed by atoms with Crippen LogP contribution in [-0.4, -0.2) is 28.3 Å². The highest BCUT2D eigenvalue weighted by Crippen LogP contribution is 2.12. The fraction of sp³-hybridized carbons (Fsp3) is 0.300. The number of amides is 1. The van der Waals surface area contributed by atoms with Crippen LogP contribution in [0.3, 0.4) is 0 Å². The van der Waals surface area contributed by atoms with Crippen LogP contribution >= 0.6 is 15.9 Å². The Morgan fingerprint density at radius 1 is 1.57 bits per heavy atom. The number of halogens is 1. The van der Waals surface area contributed by atoms with Gasteiger partial charge in [-0.3, -0.25) is 4.79 Å². The van der Waals surface area contributed by atoms with Crippen molar-refractivity contribution >= 4 is 21.8 Å². The predicted octanol–water partition coefficient (Wildman–Crippen LogP) is 1.75. The van der Waals surface area contributed by atoms with Crippen LogP contribution in [0.2, 0.25) is 0 Å². The normalized spacial score (nSPS) is 9.86. The van der Waals surface area contributed by atoms with Gasteiger partial charge in [0.25, 0.3) is 0 Å². The minimum absolute atomic E-state index is 0.0216. The highest BCUT2D eigenvalue weighted by Gasteiger charge is 2.06. The summed E-state index contributed by atoms with van der Waals surface area (Å²) in [5.41, 5.74) is 0.918. The Kier molecular flexibility index (Phi) is 3.95. The fourth-order valence-corrected chi connectivity index (χ4v) is 1.55. The standard InChI is InChI=1S/C10H12BrNO2/c1-12(10(14)6-11)7-8-3-2-4-9(13)5-8/h2-5,13H,6-7H2,1H3. The largest absolute Gasteiger partial charge is 0.508 e. The average Bonchev–Trinajstić information content (AvgIpc) is 2.16. The summed E-state index contributed by atoms with van der Waals surface area (Å²) in [6, 6.07) is 6.89. The average molecular weight is 258 g/mol. The monoisotopic (exact) mass is 257 g/mol. The lowest BCUT2D eigenvalue weighted by Gasteiger charge is -2.15. The van der Waals surface area contributed by atoms with Gasteiger partial charge in [-0.25, -0.2) is 0 Å². The molecule has 0 unspecified atom stereocenters. The molecule has 0 heterocycles. The van der Waals surface area contributed by atoms with E-state index in [1.165, 1.54) is 0 Å². The number of rotatable bonds is 3. The van der Waals surface area contributed by atoms with Gasteiger partial charge in [-0.05, 0) is 17.7 Å². The molecule has 3 nitrogen and oxygen atoms in total. The van der Waals surface area contributed by atoms with Crippen LogP contribution in [0.1, 0.15) is 5.56 Å². The summed E-state index contributed by atoms with van der Waals surface area (Å²) in [6.07, 6.45) is 0. The molecule has 0 atom stereocenters. The number of nitrogens with zero attached hydrogens (tertiary/aromatic N) is 1. The van der Waals surface area contributed by atoms with Crippen LogP contribution in [0.5, 0.6) is 5.75 Å². The van der Waals surface area contributed by atoms with E-state index in [-0.39, 0.29) is 11.7 Å². The molecule has 0 saturated heterocycles. The van der Waals surface area contributed by atoms with Gasteiger partial charge in [0.1, 0.15) is 5.75 Å². The first-order chi connectivity index (χ1) is 6.63. The van der Waals surface area contributed by atoms with Crippen molar-refractivity contribution in [1.82, 2.24) is 4.90 Å². The minimum atomic E-state index is 0.0216. The van der Waals surface area contributed by atoms with Crippen LogP contribution in [0.25, 0.3) is 0 Å². The lowest BCUT2D eigenvalue weighted by Crippen LogP contribution is -2.26. The van der Waals surface area contributed by atoms with Crippen molar-refractivity contribution in [2.24, 2.45) is 0 Å². The van der Waals surface area contributed by atoms with Crippen molar-refractivity contribution in [3.05, 3.63) is 29.8 Å². The van der Waals surface area contributed by atoms with E-state index < -0.39 is 0 Å². The van der Waals surface area contributed by atoms with Gasteiger partial charge < -0.3 is 10.0 Å². The van der Waals surface area contributed by atoms with Crippen molar-refractivity contribution in [2.45, 2.75) is 6.54 Å². The van der Waals surface area contributed by atoms with Gasteiger partial charge in [0.05, 0.1) is 5.33 Å². The summed E-state index contributed by atoms with van der Waals surface area (Å²) in [6.45, 7) is 0.513. The van der Waals surface area contributed by atoms with E-state index >= 15 is 0 Å². The zero-order chi connectivity index (χ0) is 10.6. The molecule has 4 heteroatoms. The third kappa shape index (κ3) is 3.03. The number of carbonyl (C=O) groups excluding carboxylic acids is 1. The maximum absolute atomic E-state index is 11.2. The second-order valence-corrected chi connectivity index (χ2v) is 3.61. The van der Waals surface area contributed by atoms with Crippen molar-refractivity contribution in [1.29, 1.82) is 0 Å². The Hall–Kier alpha value is -1.03. The molecular formula is C10H12BrNO2. The number of alkyl halides is 1. The highest BCUT2D eigenvalue weighted by molar-refractivity contribution is 9.09. The molecule has 1 rings (SSSR count). The number of aromatic hydroxyl groups is 1. The molecule has 76 valence electrons. The summed E-state index contributed by atoms with van der Waals surface area (Å²) in [5, 5.41) is 9.53. The Labute approximate surface area is 91.5 Å². The second-order valence-electron chi connectivity index (χ2n) is 3.05. The van der Waals surface area contributed by atoms with Crippen LogP contribution < -0.4 is 0 Å². The van der Waals surface area contributed by atoms with Gasteiger partial charge in [0.2, 0.25) is 5.91 Å². The summed E-state index contributed by atoms with van der Waals surface area (Å²) in [7, 11) is 1.73. The van der Waals surface area contributed by atoms with Crippen LogP contribution in [-0.2, 0) is 11.3 Å². The molecule has 1 N–H and O–H groups in total.